The number of piperidine rings is 1. The number of ketones is 1. The van der Waals surface area contributed by atoms with Gasteiger partial charge < -0.3 is 25.8 Å². The van der Waals surface area contributed by atoms with Crippen LogP contribution in [-0.4, -0.2) is 64.5 Å². The highest BCUT2D eigenvalue weighted by Crippen LogP contribution is 2.55. The number of Topliss-reactive ketones (excluding diaryl/α,β-unsaturated/α-hetero) is 1. The van der Waals surface area contributed by atoms with Crippen LogP contribution in [0, 0.1) is 11.3 Å². The molecule has 6 rings (SSSR count). The zero-order chi connectivity index (χ0) is 29.3. The second kappa shape index (κ2) is 11.4. The summed E-state index contributed by atoms with van der Waals surface area (Å²) in [5.41, 5.74) is 2.09. The van der Waals surface area contributed by atoms with Crippen LogP contribution in [0.5, 0.6) is 0 Å². The van der Waals surface area contributed by atoms with Crippen LogP contribution in [0.25, 0.3) is 10.9 Å². The van der Waals surface area contributed by atoms with Gasteiger partial charge in [0.05, 0.1) is 6.04 Å². The van der Waals surface area contributed by atoms with E-state index < -0.39 is 35.6 Å². The molecule has 3 unspecified atom stereocenters. The van der Waals surface area contributed by atoms with E-state index >= 15 is 0 Å². The molecule has 0 radical (unpaired) electrons. The van der Waals surface area contributed by atoms with Crippen molar-refractivity contribution in [2.24, 2.45) is 11.3 Å². The van der Waals surface area contributed by atoms with Crippen molar-refractivity contribution >= 4 is 40.3 Å². The Morgan fingerprint density at radius 1 is 1.00 bits per heavy atom. The molecule has 3 aromatic rings. The van der Waals surface area contributed by atoms with E-state index in [2.05, 4.69) is 20.9 Å². The van der Waals surface area contributed by atoms with Gasteiger partial charge in [0.2, 0.25) is 17.6 Å². The molecule has 4 N–H and O–H groups in total. The minimum atomic E-state index is -1.19. The first-order valence-corrected chi connectivity index (χ1v) is 14.6. The number of carbonyl (C=O) groups is 5. The largest absolute Gasteiger partial charge is 0.356 e. The minimum absolute atomic E-state index is 0.0169. The number of aromatic nitrogens is 1. The van der Waals surface area contributed by atoms with Crippen LogP contribution in [0.15, 0.2) is 60.7 Å². The molecule has 2 aliphatic heterocycles. The van der Waals surface area contributed by atoms with Crippen molar-refractivity contribution in [3.63, 3.8) is 0 Å². The molecule has 42 heavy (non-hydrogen) atoms. The molecular weight excluding hydrogens is 534 g/mol. The fourth-order valence-electron chi connectivity index (χ4n) is 6.26. The number of rotatable bonds is 9. The predicted molar refractivity (Wildman–Crippen MR) is 155 cm³/mol. The average molecular weight is 570 g/mol. The monoisotopic (exact) mass is 569 g/mol. The molecule has 10 nitrogen and oxygen atoms in total. The number of hydrogen-bond acceptors (Lipinski definition) is 5. The lowest BCUT2D eigenvalue weighted by molar-refractivity contribution is -0.141. The van der Waals surface area contributed by atoms with Gasteiger partial charge in [0.1, 0.15) is 11.7 Å². The van der Waals surface area contributed by atoms with Gasteiger partial charge in [-0.05, 0) is 61.6 Å². The number of nitrogens with one attached hydrogen (secondary N) is 4. The molecule has 1 spiro atoms. The predicted octanol–water partition coefficient (Wildman–Crippen LogP) is 2.45. The van der Waals surface area contributed by atoms with Crippen LogP contribution in [0.3, 0.4) is 0 Å². The molecule has 1 saturated carbocycles. The van der Waals surface area contributed by atoms with Crippen molar-refractivity contribution < 1.29 is 24.0 Å². The van der Waals surface area contributed by atoms with Gasteiger partial charge in [-0.25, -0.2) is 0 Å². The van der Waals surface area contributed by atoms with Crippen molar-refractivity contribution in [2.75, 3.05) is 13.1 Å². The van der Waals surface area contributed by atoms with Gasteiger partial charge in [-0.1, -0.05) is 48.5 Å². The standard InChI is InChI=1S/C32H35N5O5/c38-27(30(41)34-19-20-6-2-1-3-7-20)24(17-22-10-14-33-28(22)39)36-29(40)26-18-32(11-12-32)13-15-37(26)31(42)25-16-21-8-4-5-9-23(21)35-25/h1-9,16,22,24,26,35H,10-15,17-19H2,(H,33,39)(H,34,41)(H,36,40). The van der Waals surface area contributed by atoms with E-state index in [1.165, 1.54) is 0 Å². The number of hydrogen-bond donors (Lipinski definition) is 4. The number of carbonyl (C=O) groups excluding carboxylic acids is 5. The molecule has 3 fully saturated rings. The summed E-state index contributed by atoms with van der Waals surface area (Å²) in [5, 5.41) is 9.11. The summed E-state index contributed by atoms with van der Waals surface area (Å²) in [4.78, 5) is 71.1. The third-order valence-corrected chi connectivity index (χ3v) is 9.00. The van der Waals surface area contributed by atoms with E-state index in [0.29, 0.717) is 31.6 Å². The Kier molecular flexibility index (Phi) is 7.53. The zero-order valence-electron chi connectivity index (χ0n) is 23.4. The summed E-state index contributed by atoms with van der Waals surface area (Å²) < 4.78 is 0. The highest BCUT2D eigenvalue weighted by atomic mass is 16.2. The maximum absolute atomic E-state index is 13.9. The van der Waals surface area contributed by atoms with Gasteiger partial charge in [-0.3, -0.25) is 24.0 Å². The summed E-state index contributed by atoms with van der Waals surface area (Å²) in [6, 6.07) is 16.6. The first kappa shape index (κ1) is 27.7. The Labute approximate surface area is 243 Å². The van der Waals surface area contributed by atoms with Crippen molar-refractivity contribution in [2.45, 2.75) is 57.2 Å². The Balaban J connectivity index is 1.21. The molecule has 3 heterocycles. The van der Waals surface area contributed by atoms with E-state index in [4.69, 9.17) is 0 Å². The van der Waals surface area contributed by atoms with Gasteiger partial charge in [-0.15, -0.1) is 0 Å². The molecule has 4 amide bonds. The Morgan fingerprint density at radius 3 is 2.48 bits per heavy atom. The lowest BCUT2D eigenvalue weighted by Gasteiger charge is -2.39. The van der Waals surface area contributed by atoms with E-state index in [-0.39, 0.29) is 30.2 Å². The summed E-state index contributed by atoms with van der Waals surface area (Å²) in [7, 11) is 0. The molecular formula is C32H35N5O5. The lowest BCUT2D eigenvalue weighted by Crippen LogP contribution is -2.58. The number of aromatic amines is 1. The van der Waals surface area contributed by atoms with Crippen molar-refractivity contribution in [3.05, 3.63) is 71.9 Å². The average Bonchev–Trinajstić information content (AvgIpc) is 3.41. The first-order chi connectivity index (χ1) is 20.3. The number of H-pyrrole nitrogens is 1. The van der Waals surface area contributed by atoms with Gasteiger partial charge >= 0.3 is 0 Å². The first-order valence-electron chi connectivity index (χ1n) is 14.6. The van der Waals surface area contributed by atoms with Gasteiger partial charge in [0.15, 0.2) is 0 Å². The Bertz CT molecular complexity index is 1500. The highest BCUT2D eigenvalue weighted by Gasteiger charge is 2.51. The minimum Gasteiger partial charge on any atom is -0.356 e. The number of likely N-dealkylation sites (tertiary alicyclic amines) is 1. The normalized spacial score (nSPS) is 21.5. The summed E-state index contributed by atoms with van der Waals surface area (Å²) >= 11 is 0. The van der Waals surface area contributed by atoms with E-state index in [0.717, 1.165) is 35.7 Å². The molecule has 2 saturated heterocycles. The van der Waals surface area contributed by atoms with Gasteiger partial charge in [0, 0.05) is 36.5 Å². The molecule has 3 aliphatic rings. The summed E-state index contributed by atoms with van der Waals surface area (Å²) in [5.74, 6) is -3.07. The molecule has 3 atom stereocenters. The number of fused-ring (bicyclic) bond motifs is 1. The van der Waals surface area contributed by atoms with Crippen LogP contribution in [0.1, 0.15) is 54.6 Å². The maximum atomic E-state index is 13.9. The molecule has 10 heteroatoms. The van der Waals surface area contributed by atoms with Crippen LogP contribution in [0.4, 0.5) is 0 Å². The second-order valence-corrected chi connectivity index (χ2v) is 11.8. The van der Waals surface area contributed by atoms with Crippen molar-refractivity contribution in [3.8, 4) is 0 Å². The molecule has 0 bridgehead atoms. The highest BCUT2D eigenvalue weighted by molar-refractivity contribution is 6.38. The van der Waals surface area contributed by atoms with Crippen LogP contribution >= 0.6 is 0 Å². The fraction of sp³-hybridized carbons (Fsp3) is 0.406. The molecule has 1 aromatic heterocycles. The molecule has 218 valence electrons. The molecule has 2 aromatic carbocycles. The Morgan fingerprint density at radius 2 is 1.76 bits per heavy atom. The van der Waals surface area contributed by atoms with Gasteiger partial charge in [0.25, 0.3) is 11.8 Å². The fourth-order valence-corrected chi connectivity index (χ4v) is 6.26. The maximum Gasteiger partial charge on any atom is 0.289 e. The summed E-state index contributed by atoms with van der Waals surface area (Å²) in [6.07, 6.45) is 3.84. The van der Waals surface area contributed by atoms with Crippen LogP contribution in [0.2, 0.25) is 0 Å². The van der Waals surface area contributed by atoms with Crippen molar-refractivity contribution in [1.82, 2.24) is 25.8 Å². The topological polar surface area (TPSA) is 140 Å². The van der Waals surface area contributed by atoms with Crippen LogP contribution in [-0.2, 0) is 25.7 Å². The second-order valence-electron chi connectivity index (χ2n) is 11.8. The van der Waals surface area contributed by atoms with Crippen LogP contribution < -0.4 is 16.0 Å². The quantitative estimate of drug-likeness (QED) is 0.293. The lowest BCUT2D eigenvalue weighted by atomic mass is 9.86. The SMILES string of the molecule is O=C(NCc1ccccc1)C(=O)C(CC1CCNC1=O)NC(=O)C1CC2(CCN1C(=O)c1cc3ccccc3[nH]1)CC2. The van der Waals surface area contributed by atoms with E-state index in [1.54, 1.807) is 11.0 Å². The number of para-hydroxylation sites is 1. The third kappa shape index (κ3) is 5.79. The van der Waals surface area contributed by atoms with E-state index in [9.17, 15) is 24.0 Å². The number of benzene rings is 2. The molecule has 1 aliphatic carbocycles. The zero-order valence-corrected chi connectivity index (χ0v) is 23.4. The number of amides is 4. The third-order valence-electron chi connectivity index (χ3n) is 9.00. The number of nitrogens with zero attached hydrogens (tertiary/aromatic N) is 1. The van der Waals surface area contributed by atoms with E-state index in [1.807, 2.05) is 54.6 Å². The smallest absolute Gasteiger partial charge is 0.289 e. The van der Waals surface area contributed by atoms with Crippen molar-refractivity contribution in [1.29, 1.82) is 0 Å². The summed E-state index contributed by atoms with van der Waals surface area (Å²) in [6.45, 7) is 1.07. The Hall–Kier alpha value is -4.47. The van der Waals surface area contributed by atoms with Gasteiger partial charge in [-0.2, -0.15) is 0 Å².